The fourth-order valence-electron chi connectivity index (χ4n) is 3.41. The van der Waals surface area contributed by atoms with Crippen molar-refractivity contribution in [2.24, 2.45) is 0 Å². The molecular formula is C22H24FN5O2S. The van der Waals surface area contributed by atoms with E-state index in [0.717, 1.165) is 50.2 Å². The van der Waals surface area contributed by atoms with Gasteiger partial charge in [-0.1, -0.05) is 24.8 Å². The second-order valence-electron chi connectivity index (χ2n) is 7.19. The molecule has 4 rings (SSSR count). The highest BCUT2D eigenvalue weighted by Crippen LogP contribution is 2.24. The van der Waals surface area contributed by atoms with Gasteiger partial charge in [-0.25, -0.2) is 4.39 Å². The normalized spacial score (nSPS) is 14.6. The van der Waals surface area contributed by atoms with Gasteiger partial charge in [0.15, 0.2) is 0 Å². The summed E-state index contributed by atoms with van der Waals surface area (Å²) in [6.45, 7) is 7.45. The van der Waals surface area contributed by atoms with Crippen molar-refractivity contribution in [1.29, 1.82) is 0 Å². The highest BCUT2D eigenvalue weighted by molar-refractivity contribution is 7.99. The second kappa shape index (κ2) is 9.93. The smallest absolute Gasteiger partial charge is 0.277 e. The molecule has 7 nitrogen and oxygen atoms in total. The van der Waals surface area contributed by atoms with Gasteiger partial charge in [0.1, 0.15) is 5.82 Å². The maximum absolute atomic E-state index is 13.3. The zero-order valence-electron chi connectivity index (χ0n) is 17.3. The topological polar surface area (TPSA) is 74.5 Å². The molecule has 1 aliphatic rings. The molecule has 1 fully saturated rings. The van der Waals surface area contributed by atoms with E-state index < -0.39 is 0 Å². The summed E-state index contributed by atoms with van der Waals surface area (Å²) < 4.78 is 18.8. The summed E-state index contributed by atoms with van der Waals surface area (Å²) in [5, 5.41) is 11.0. The summed E-state index contributed by atoms with van der Waals surface area (Å²) >= 11 is 1.14. The van der Waals surface area contributed by atoms with E-state index in [-0.39, 0.29) is 28.6 Å². The molecule has 0 aliphatic carbocycles. The van der Waals surface area contributed by atoms with Gasteiger partial charge < -0.3 is 19.5 Å². The Morgan fingerprint density at radius 1 is 1.13 bits per heavy atom. The van der Waals surface area contributed by atoms with Crippen LogP contribution in [-0.2, 0) is 4.79 Å². The Labute approximate surface area is 184 Å². The number of hydrogen-bond acceptors (Lipinski definition) is 7. The molecule has 1 amide bonds. The number of amides is 1. The number of likely N-dealkylation sites (N-methyl/N-ethyl adjacent to an activating group) is 1. The Hall–Kier alpha value is -2.91. The Kier molecular flexibility index (Phi) is 6.83. The van der Waals surface area contributed by atoms with Gasteiger partial charge in [0.2, 0.25) is 11.8 Å². The number of aromatic nitrogens is 2. The zero-order chi connectivity index (χ0) is 21.6. The number of nitrogens with zero attached hydrogens (tertiary/aromatic N) is 4. The Balaban J connectivity index is 1.26. The van der Waals surface area contributed by atoms with Crippen molar-refractivity contribution < 1.29 is 13.6 Å². The summed E-state index contributed by atoms with van der Waals surface area (Å²) in [6, 6.07) is 13.8. The van der Waals surface area contributed by atoms with Crippen molar-refractivity contribution >= 4 is 29.0 Å². The van der Waals surface area contributed by atoms with Crippen LogP contribution in [0.5, 0.6) is 0 Å². The number of thioether (sulfide) groups is 1. The maximum atomic E-state index is 13.3. The van der Waals surface area contributed by atoms with Crippen LogP contribution >= 0.6 is 11.8 Å². The van der Waals surface area contributed by atoms with Crippen LogP contribution in [0.2, 0.25) is 0 Å². The SMILES string of the molecule is CCN1CCN(c2ccc(NC(=O)CSc3nnc(-c4cccc(F)c4)o3)cc2)CC1. The molecule has 0 bridgehead atoms. The molecule has 0 unspecified atom stereocenters. The Bertz CT molecular complexity index is 1020. The average Bonchev–Trinajstić information content (AvgIpc) is 3.28. The fraction of sp³-hybridized carbons (Fsp3) is 0.318. The number of benzene rings is 2. The first-order valence-corrected chi connectivity index (χ1v) is 11.2. The van der Waals surface area contributed by atoms with E-state index in [2.05, 4.69) is 32.2 Å². The summed E-state index contributed by atoms with van der Waals surface area (Å²) in [5.74, 6) is -0.193. The number of anilines is 2. The van der Waals surface area contributed by atoms with Gasteiger partial charge in [-0.05, 0) is 49.0 Å². The first-order chi connectivity index (χ1) is 15.1. The van der Waals surface area contributed by atoms with Crippen LogP contribution in [0.25, 0.3) is 11.5 Å². The number of nitrogens with one attached hydrogen (secondary N) is 1. The first-order valence-electron chi connectivity index (χ1n) is 10.2. The van der Waals surface area contributed by atoms with E-state index in [1.807, 2.05) is 24.3 Å². The molecule has 1 aliphatic heterocycles. The van der Waals surface area contributed by atoms with E-state index in [1.165, 1.54) is 17.8 Å². The second-order valence-corrected chi connectivity index (χ2v) is 8.12. The van der Waals surface area contributed by atoms with Gasteiger partial charge in [0.05, 0.1) is 5.75 Å². The number of piperazine rings is 1. The van der Waals surface area contributed by atoms with Crippen LogP contribution in [0, 0.1) is 5.82 Å². The Morgan fingerprint density at radius 2 is 1.90 bits per heavy atom. The Morgan fingerprint density at radius 3 is 2.61 bits per heavy atom. The van der Waals surface area contributed by atoms with Crippen molar-refractivity contribution in [2.75, 3.05) is 48.7 Å². The molecule has 9 heteroatoms. The fourth-order valence-corrected chi connectivity index (χ4v) is 3.97. The monoisotopic (exact) mass is 441 g/mol. The summed E-state index contributed by atoms with van der Waals surface area (Å²) in [6.07, 6.45) is 0. The molecule has 0 saturated carbocycles. The van der Waals surface area contributed by atoms with Crippen LogP contribution in [-0.4, -0.2) is 59.5 Å². The number of carbonyl (C=O) groups is 1. The number of carbonyl (C=O) groups excluding carboxylic acids is 1. The van der Waals surface area contributed by atoms with Crippen LogP contribution in [0.1, 0.15) is 6.92 Å². The van der Waals surface area contributed by atoms with Gasteiger partial charge in [-0.3, -0.25) is 4.79 Å². The first kappa shape index (κ1) is 21.3. The largest absolute Gasteiger partial charge is 0.411 e. The van der Waals surface area contributed by atoms with E-state index in [0.29, 0.717) is 5.56 Å². The minimum absolute atomic E-state index is 0.130. The summed E-state index contributed by atoms with van der Waals surface area (Å²) in [4.78, 5) is 17.1. The summed E-state index contributed by atoms with van der Waals surface area (Å²) in [5.41, 5.74) is 2.41. The third-order valence-electron chi connectivity index (χ3n) is 5.14. The minimum Gasteiger partial charge on any atom is -0.411 e. The van der Waals surface area contributed by atoms with E-state index in [1.54, 1.807) is 12.1 Å². The van der Waals surface area contributed by atoms with Crippen LogP contribution in [0.15, 0.2) is 58.2 Å². The number of hydrogen-bond donors (Lipinski definition) is 1. The number of halogens is 1. The molecule has 1 N–H and O–H groups in total. The molecule has 2 aromatic carbocycles. The lowest BCUT2D eigenvalue weighted by Gasteiger charge is -2.35. The van der Waals surface area contributed by atoms with Gasteiger partial charge >= 0.3 is 0 Å². The zero-order valence-corrected chi connectivity index (χ0v) is 18.1. The molecule has 0 atom stereocenters. The van der Waals surface area contributed by atoms with Crippen molar-refractivity contribution in [3.05, 3.63) is 54.3 Å². The lowest BCUT2D eigenvalue weighted by atomic mass is 10.2. The molecule has 2 heterocycles. The third-order valence-corrected chi connectivity index (χ3v) is 5.96. The molecular weight excluding hydrogens is 417 g/mol. The van der Waals surface area contributed by atoms with Crippen molar-refractivity contribution in [3.63, 3.8) is 0 Å². The van der Waals surface area contributed by atoms with Crippen molar-refractivity contribution in [1.82, 2.24) is 15.1 Å². The standard InChI is InChI=1S/C22H24FN5O2S/c1-2-27-10-12-28(13-11-27)19-8-6-18(7-9-19)24-20(29)15-31-22-26-25-21(30-22)16-4-3-5-17(23)14-16/h3-9,14H,2,10-13,15H2,1H3,(H,24,29). The maximum Gasteiger partial charge on any atom is 0.277 e. The molecule has 1 saturated heterocycles. The lowest BCUT2D eigenvalue weighted by Crippen LogP contribution is -2.46. The van der Waals surface area contributed by atoms with Gasteiger partial charge in [0.25, 0.3) is 5.22 Å². The van der Waals surface area contributed by atoms with Gasteiger partial charge in [0, 0.05) is 43.1 Å². The van der Waals surface area contributed by atoms with Crippen LogP contribution < -0.4 is 10.2 Å². The minimum atomic E-state index is -0.376. The quantitative estimate of drug-likeness (QED) is 0.560. The van der Waals surface area contributed by atoms with Crippen molar-refractivity contribution in [2.45, 2.75) is 12.1 Å². The van der Waals surface area contributed by atoms with E-state index >= 15 is 0 Å². The molecule has 0 spiro atoms. The molecule has 162 valence electrons. The molecule has 31 heavy (non-hydrogen) atoms. The third kappa shape index (κ3) is 5.62. The molecule has 3 aromatic rings. The van der Waals surface area contributed by atoms with Crippen molar-refractivity contribution in [3.8, 4) is 11.5 Å². The van der Waals surface area contributed by atoms with Crippen LogP contribution in [0.3, 0.4) is 0 Å². The average molecular weight is 442 g/mol. The predicted octanol–water partition coefficient (Wildman–Crippen LogP) is 3.75. The highest BCUT2D eigenvalue weighted by Gasteiger charge is 2.16. The molecule has 1 aromatic heterocycles. The van der Waals surface area contributed by atoms with Gasteiger partial charge in [-0.2, -0.15) is 0 Å². The highest BCUT2D eigenvalue weighted by atomic mass is 32.2. The predicted molar refractivity (Wildman–Crippen MR) is 120 cm³/mol. The lowest BCUT2D eigenvalue weighted by molar-refractivity contribution is -0.113. The van der Waals surface area contributed by atoms with E-state index in [9.17, 15) is 9.18 Å². The number of rotatable bonds is 7. The van der Waals surface area contributed by atoms with Gasteiger partial charge in [-0.15, -0.1) is 10.2 Å². The summed E-state index contributed by atoms with van der Waals surface area (Å²) in [7, 11) is 0. The van der Waals surface area contributed by atoms with E-state index in [4.69, 9.17) is 4.42 Å². The van der Waals surface area contributed by atoms with Crippen LogP contribution in [0.4, 0.5) is 15.8 Å². The molecule has 0 radical (unpaired) electrons.